The summed E-state index contributed by atoms with van der Waals surface area (Å²) in [6.45, 7) is 0. The van der Waals surface area contributed by atoms with E-state index in [1.54, 1.807) is 48.5 Å². The first kappa shape index (κ1) is 21.4. The molecule has 0 fully saturated rings. The molecule has 0 aliphatic heterocycles. The van der Waals surface area contributed by atoms with Gasteiger partial charge in [0.1, 0.15) is 28.6 Å². The quantitative estimate of drug-likeness (QED) is 0.159. The van der Waals surface area contributed by atoms with Gasteiger partial charge >= 0.3 is 5.97 Å². The second kappa shape index (κ2) is 9.93. The third-order valence-corrected chi connectivity index (χ3v) is 4.13. The molecule has 0 heterocycles. The molecule has 8 heteroatoms. The highest BCUT2D eigenvalue weighted by atomic mass is 16.6. The molecule has 158 valence electrons. The first-order chi connectivity index (χ1) is 15.0. The second-order valence-corrected chi connectivity index (χ2v) is 6.18. The molecule has 0 aromatic heterocycles. The van der Waals surface area contributed by atoms with Gasteiger partial charge in [-0.1, -0.05) is 24.3 Å². The summed E-state index contributed by atoms with van der Waals surface area (Å²) in [7, 11) is 2.72. The molecule has 0 atom stereocenters. The van der Waals surface area contributed by atoms with Crippen LogP contribution in [-0.2, 0) is 14.3 Å². The summed E-state index contributed by atoms with van der Waals surface area (Å²) in [5.74, 6) is 1.24. The van der Waals surface area contributed by atoms with Crippen LogP contribution in [0.1, 0.15) is 5.56 Å². The Balaban J connectivity index is 1.84. The third-order valence-electron chi connectivity index (χ3n) is 4.13. The van der Waals surface area contributed by atoms with Crippen molar-refractivity contribution in [1.29, 1.82) is 0 Å². The molecule has 3 rings (SSSR count). The monoisotopic (exact) mass is 421 g/mol. The van der Waals surface area contributed by atoms with Gasteiger partial charge in [-0.05, 0) is 30.3 Å². The molecule has 0 bridgehead atoms. The average molecular weight is 421 g/mol. The topological polar surface area (TPSA) is 97.1 Å². The van der Waals surface area contributed by atoms with E-state index in [4.69, 9.17) is 18.9 Å². The van der Waals surface area contributed by atoms with Crippen LogP contribution in [0.2, 0.25) is 0 Å². The number of hydrogen-bond acceptors (Lipinski definition) is 7. The number of rotatable bonds is 8. The van der Waals surface area contributed by atoms with Gasteiger partial charge in [-0.15, -0.1) is 0 Å². The van der Waals surface area contributed by atoms with Crippen LogP contribution in [0.15, 0.2) is 79.1 Å². The summed E-state index contributed by atoms with van der Waals surface area (Å²) in [5.41, 5.74) is 0.684. The minimum atomic E-state index is -0.562. The Morgan fingerprint density at radius 1 is 0.871 bits per heavy atom. The number of non-ortho nitro benzene ring substituents is 1. The largest absolute Gasteiger partial charge is 0.503 e. The zero-order valence-corrected chi connectivity index (χ0v) is 16.8. The number of carbonyl (C=O) groups is 1. The Labute approximate surface area is 178 Å². The van der Waals surface area contributed by atoms with Crippen LogP contribution in [0.25, 0.3) is 5.57 Å². The number of nitro benzene ring substituents is 1. The fraction of sp³-hybridized carbons (Fsp3) is 0.0870. The molecule has 8 nitrogen and oxygen atoms in total. The number of ether oxygens (including phenoxy) is 4. The van der Waals surface area contributed by atoms with E-state index in [-0.39, 0.29) is 11.3 Å². The molecule has 0 spiro atoms. The van der Waals surface area contributed by atoms with E-state index in [0.29, 0.717) is 28.6 Å². The molecule has 3 aromatic rings. The van der Waals surface area contributed by atoms with Gasteiger partial charge in [0.05, 0.1) is 25.4 Å². The summed E-state index contributed by atoms with van der Waals surface area (Å²) in [5, 5.41) is 10.8. The Morgan fingerprint density at radius 2 is 1.55 bits per heavy atom. The smallest absolute Gasteiger partial charge is 0.341 e. The highest BCUT2D eigenvalue weighted by molar-refractivity contribution is 6.17. The Hall–Kier alpha value is -4.33. The van der Waals surface area contributed by atoms with Crippen LogP contribution < -0.4 is 9.47 Å². The van der Waals surface area contributed by atoms with Crippen LogP contribution >= 0.6 is 0 Å². The maximum absolute atomic E-state index is 12.1. The summed E-state index contributed by atoms with van der Waals surface area (Å²) >= 11 is 0. The lowest BCUT2D eigenvalue weighted by molar-refractivity contribution is -0.384. The lowest BCUT2D eigenvalue weighted by Crippen LogP contribution is -2.05. The molecule has 3 aromatic carbocycles. The van der Waals surface area contributed by atoms with Crippen molar-refractivity contribution in [3.05, 3.63) is 94.7 Å². The van der Waals surface area contributed by atoms with Crippen LogP contribution in [-0.4, -0.2) is 25.1 Å². The van der Waals surface area contributed by atoms with Gasteiger partial charge < -0.3 is 18.9 Å². The second-order valence-electron chi connectivity index (χ2n) is 6.18. The predicted molar refractivity (Wildman–Crippen MR) is 113 cm³/mol. The molecular formula is C23H19NO7. The molecule has 0 aliphatic rings. The number of carbonyl (C=O) groups excluding carboxylic acids is 1. The number of para-hydroxylation sites is 1. The SMILES string of the molecule is CO/C=C(/C(=O)OC)c1ccccc1Oc1cccc(Oc2ccc([N+](=O)[O-])cc2)c1. The van der Waals surface area contributed by atoms with Crippen LogP contribution in [0, 0.1) is 10.1 Å². The van der Waals surface area contributed by atoms with E-state index in [1.807, 2.05) is 0 Å². The van der Waals surface area contributed by atoms with E-state index in [2.05, 4.69) is 0 Å². The van der Waals surface area contributed by atoms with Gasteiger partial charge in [-0.2, -0.15) is 0 Å². The molecule has 0 amide bonds. The van der Waals surface area contributed by atoms with Crippen LogP contribution in [0.3, 0.4) is 0 Å². The van der Waals surface area contributed by atoms with Crippen molar-refractivity contribution in [3.8, 4) is 23.0 Å². The van der Waals surface area contributed by atoms with Gasteiger partial charge in [0.15, 0.2) is 0 Å². The number of esters is 1. The lowest BCUT2D eigenvalue weighted by atomic mass is 10.1. The number of benzene rings is 3. The molecular weight excluding hydrogens is 402 g/mol. The maximum Gasteiger partial charge on any atom is 0.341 e. The van der Waals surface area contributed by atoms with Crippen molar-refractivity contribution in [1.82, 2.24) is 0 Å². The van der Waals surface area contributed by atoms with Crippen molar-refractivity contribution in [2.24, 2.45) is 0 Å². The van der Waals surface area contributed by atoms with Crippen molar-refractivity contribution in [2.75, 3.05) is 14.2 Å². The summed E-state index contributed by atoms with van der Waals surface area (Å²) < 4.78 is 21.6. The standard InChI is InChI=1S/C23H19NO7/c1-28-15-21(23(25)29-2)20-8-3-4-9-22(20)31-19-7-5-6-18(14-19)30-17-12-10-16(11-13-17)24(26)27/h3-15H,1-2H3/b21-15+. The molecule has 0 aliphatic carbocycles. The number of hydrogen-bond donors (Lipinski definition) is 0. The Bertz CT molecular complexity index is 1110. The van der Waals surface area contributed by atoms with E-state index in [9.17, 15) is 14.9 Å². The van der Waals surface area contributed by atoms with Crippen molar-refractivity contribution in [3.63, 3.8) is 0 Å². The first-order valence-electron chi connectivity index (χ1n) is 9.12. The number of nitrogens with zero attached hydrogens (tertiary/aromatic N) is 1. The zero-order chi connectivity index (χ0) is 22.2. The predicted octanol–water partition coefficient (Wildman–Crippen LogP) is 5.34. The van der Waals surface area contributed by atoms with Gasteiger partial charge in [-0.3, -0.25) is 10.1 Å². The normalized spacial score (nSPS) is 10.8. The van der Waals surface area contributed by atoms with E-state index in [0.717, 1.165) is 0 Å². The summed E-state index contributed by atoms with van der Waals surface area (Å²) in [4.78, 5) is 22.4. The van der Waals surface area contributed by atoms with Gasteiger partial charge in [-0.25, -0.2) is 4.79 Å². The fourth-order valence-electron chi connectivity index (χ4n) is 2.73. The molecule has 0 radical (unpaired) electrons. The molecule has 0 N–H and O–H groups in total. The highest BCUT2D eigenvalue weighted by Crippen LogP contribution is 2.33. The average Bonchev–Trinajstić information content (AvgIpc) is 2.78. The van der Waals surface area contributed by atoms with E-state index < -0.39 is 10.9 Å². The van der Waals surface area contributed by atoms with Gasteiger partial charge in [0, 0.05) is 23.8 Å². The summed E-state index contributed by atoms with van der Waals surface area (Å²) in [6, 6.07) is 19.6. The Morgan fingerprint density at radius 3 is 2.19 bits per heavy atom. The molecule has 0 saturated carbocycles. The van der Waals surface area contributed by atoms with Crippen LogP contribution in [0.5, 0.6) is 23.0 Å². The highest BCUT2D eigenvalue weighted by Gasteiger charge is 2.18. The fourth-order valence-corrected chi connectivity index (χ4v) is 2.73. The minimum absolute atomic E-state index is 0.0217. The summed E-state index contributed by atoms with van der Waals surface area (Å²) in [6.07, 6.45) is 1.29. The molecule has 0 unspecified atom stereocenters. The lowest BCUT2D eigenvalue weighted by Gasteiger charge is -2.13. The van der Waals surface area contributed by atoms with Gasteiger partial charge in [0.2, 0.25) is 0 Å². The van der Waals surface area contributed by atoms with Crippen LogP contribution in [0.4, 0.5) is 5.69 Å². The zero-order valence-electron chi connectivity index (χ0n) is 16.8. The van der Waals surface area contributed by atoms with Gasteiger partial charge in [0.25, 0.3) is 5.69 Å². The van der Waals surface area contributed by atoms with Crippen molar-refractivity contribution >= 4 is 17.2 Å². The Kier molecular flexibility index (Phi) is 6.85. The van der Waals surface area contributed by atoms with E-state index in [1.165, 1.54) is 44.7 Å². The van der Waals surface area contributed by atoms with Crippen molar-refractivity contribution < 1.29 is 28.7 Å². The first-order valence-corrected chi connectivity index (χ1v) is 9.12. The van der Waals surface area contributed by atoms with E-state index >= 15 is 0 Å². The minimum Gasteiger partial charge on any atom is -0.503 e. The molecule has 31 heavy (non-hydrogen) atoms. The molecule has 0 saturated heterocycles. The maximum atomic E-state index is 12.1. The number of methoxy groups -OCH3 is 2. The third kappa shape index (κ3) is 5.39. The van der Waals surface area contributed by atoms with Crippen molar-refractivity contribution in [2.45, 2.75) is 0 Å². The number of nitro groups is 1.